The zero-order chi connectivity index (χ0) is 18.4. The molecule has 0 fully saturated rings. The number of hydrogen-bond donors (Lipinski definition) is 0. The van der Waals surface area contributed by atoms with Gasteiger partial charge in [0.2, 0.25) is 0 Å². The van der Waals surface area contributed by atoms with E-state index in [4.69, 9.17) is 9.47 Å². The summed E-state index contributed by atoms with van der Waals surface area (Å²) in [6.45, 7) is 14.4. The Kier molecular flexibility index (Phi) is 12.9. The number of carbonyl (C=O) groups is 2. The first-order chi connectivity index (χ1) is 11.4. The molecule has 24 heavy (non-hydrogen) atoms. The highest BCUT2D eigenvalue weighted by molar-refractivity contribution is 5.81. The van der Waals surface area contributed by atoms with Crippen LogP contribution in [0, 0.1) is 17.8 Å². The predicted molar refractivity (Wildman–Crippen MR) is 97.5 cm³/mol. The van der Waals surface area contributed by atoms with Gasteiger partial charge >= 0.3 is 11.9 Å². The molecule has 0 aliphatic heterocycles. The van der Waals surface area contributed by atoms with Gasteiger partial charge in [-0.3, -0.25) is 0 Å². The van der Waals surface area contributed by atoms with Gasteiger partial charge in [-0.25, -0.2) is 9.59 Å². The lowest BCUT2D eigenvalue weighted by molar-refractivity contribution is -0.139. The molecule has 0 saturated heterocycles. The molecule has 2 atom stereocenters. The minimum Gasteiger partial charge on any atom is -0.463 e. The van der Waals surface area contributed by atoms with Gasteiger partial charge in [-0.2, -0.15) is 0 Å². The van der Waals surface area contributed by atoms with E-state index >= 15 is 0 Å². The molecule has 0 aromatic carbocycles. The third-order valence-corrected chi connectivity index (χ3v) is 4.37. The van der Waals surface area contributed by atoms with Crippen LogP contribution in [-0.4, -0.2) is 25.2 Å². The van der Waals surface area contributed by atoms with Gasteiger partial charge in [0, 0.05) is 12.2 Å². The molecule has 0 bridgehead atoms. The van der Waals surface area contributed by atoms with Crippen LogP contribution in [0.15, 0.2) is 25.3 Å². The summed E-state index contributed by atoms with van der Waals surface area (Å²) in [4.78, 5) is 22.0. The summed E-state index contributed by atoms with van der Waals surface area (Å²) in [5, 5.41) is 0. The maximum atomic E-state index is 11.1. The van der Waals surface area contributed by atoms with Gasteiger partial charge in [0.25, 0.3) is 0 Å². The number of esters is 2. The Balaban J connectivity index is 3.86. The number of unbranched alkanes of at least 4 members (excludes halogenated alkanes) is 1. The zero-order valence-electron chi connectivity index (χ0n) is 15.6. The third-order valence-electron chi connectivity index (χ3n) is 4.37. The molecule has 0 aromatic rings. The summed E-state index contributed by atoms with van der Waals surface area (Å²) in [6, 6.07) is 0. The highest BCUT2D eigenvalue weighted by Crippen LogP contribution is 2.25. The summed E-state index contributed by atoms with van der Waals surface area (Å²) in [7, 11) is 0. The van der Waals surface area contributed by atoms with Crippen LogP contribution in [0.25, 0.3) is 0 Å². The molecule has 0 heterocycles. The van der Waals surface area contributed by atoms with Gasteiger partial charge in [-0.15, -0.1) is 0 Å². The Hall–Kier alpha value is -1.58. The molecule has 0 aliphatic carbocycles. The van der Waals surface area contributed by atoms with E-state index < -0.39 is 0 Å². The Bertz CT molecular complexity index is 387. The number of hydrogen-bond acceptors (Lipinski definition) is 4. The van der Waals surface area contributed by atoms with Crippen LogP contribution in [0.3, 0.4) is 0 Å². The van der Waals surface area contributed by atoms with Crippen molar-refractivity contribution < 1.29 is 19.1 Å². The highest BCUT2D eigenvalue weighted by Gasteiger charge is 2.15. The molecule has 0 N–H and O–H groups in total. The van der Waals surface area contributed by atoms with E-state index in [2.05, 4.69) is 33.9 Å². The van der Waals surface area contributed by atoms with Crippen molar-refractivity contribution in [3.8, 4) is 0 Å². The standard InChI is InChI=1S/C20H34O4/c1-6-19(21)23-14-9-8-10-17(5)11-12-18(16(3)4)13-15-24-20(22)7-2/h6-7,16-18H,1-2,8-15H2,3-5H3. The average molecular weight is 338 g/mol. The summed E-state index contributed by atoms with van der Waals surface area (Å²) >= 11 is 0. The lowest BCUT2D eigenvalue weighted by atomic mass is 9.85. The molecule has 0 aromatic heterocycles. The molecule has 138 valence electrons. The normalized spacial score (nSPS) is 13.2. The zero-order valence-corrected chi connectivity index (χ0v) is 15.6. The van der Waals surface area contributed by atoms with E-state index in [0.29, 0.717) is 31.0 Å². The van der Waals surface area contributed by atoms with Gasteiger partial charge < -0.3 is 9.47 Å². The van der Waals surface area contributed by atoms with Gasteiger partial charge in [0.05, 0.1) is 13.2 Å². The number of rotatable bonds is 14. The van der Waals surface area contributed by atoms with E-state index in [1.807, 2.05) is 0 Å². The fraction of sp³-hybridized carbons (Fsp3) is 0.700. The second kappa shape index (κ2) is 13.8. The van der Waals surface area contributed by atoms with Crippen LogP contribution < -0.4 is 0 Å². The fourth-order valence-electron chi connectivity index (χ4n) is 2.65. The van der Waals surface area contributed by atoms with Gasteiger partial charge in [0.15, 0.2) is 0 Å². The van der Waals surface area contributed by atoms with Crippen molar-refractivity contribution in [3.63, 3.8) is 0 Å². The maximum absolute atomic E-state index is 11.1. The van der Waals surface area contributed by atoms with Crippen LogP contribution in [0.4, 0.5) is 0 Å². The van der Waals surface area contributed by atoms with E-state index in [0.717, 1.165) is 32.1 Å². The van der Waals surface area contributed by atoms with Crippen molar-refractivity contribution in [3.05, 3.63) is 25.3 Å². The van der Waals surface area contributed by atoms with Crippen molar-refractivity contribution in [2.45, 2.75) is 59.3 Å². The van der Waals surface area contributed by atoms with Crippen LogP contribution in [0.5, 0.6) is 0 Å². The molecule has 2 unspecified atom stereocenters. The van der Waals surface area contributed by atoms with Crippen molar-refractivity contribution in [1.29, 1.82) is 0 Å². The second-order valence-corrected chi connectivity index (χ2v) is 6.71. The van der Waals surface area contributed by atoms with Crippen molar-refractivity contribution >= 4 is 11.9 Å². The van der Waals surface area contributed by atoms with Crippen molar-refractivity contribution in [2.24, 2.45) is 17.8 Å². The Labute approximate surface area is 147 Å². The summed E-state index contributed by atoms with van der Waals surface area (Å²) in [5.74, 6) is 1.11. The first kappa shape index (κ1) is 22.4. The second-order valence-electron chi connectivity index (χ2n) is 6.71. The Morgan fingerprint density at radius 2 is 1.42 bits per heavy atom. The smallest absolute Gasteiger partial charge is 0.330 e. The minimum atomic E-state index is -0.347. The third kappa shape index (κ3) is 11.9. The minimum absolute atomic E-state index is 0.344. The van der Waals surface area contributed by atoms with Gasteiger partial charge in [-0.1, -0.05) is 46.8 Å². The molecule has 4 nitrogen and oxygen atoms in total. The monoisotopic (exact) mass is 338 g/mol. The Morgan fingerprint density at radius 1 is 0.833 bits per heavy atom. The quantitative estimate of drug-likeness (QED) is 0.262. The lowest BCUT2D eigenvalue weighted by Crippen LogP contribution is -2.14. The van der Waals surface area contributed by atoms with E-state index in [-0.39, 0.29) is 11.9 Å². The molecule has 0 aliphatic rings. The first-order valence-corrected chi connectivity index (χ1v) is 8.99. The largest absolute Gasteiger partial charge is 0.463 e. The predicted octanol–water partition coefficient (Wildman–Crippen LogP) is 4.69. The van der Waals surface area contributed by atoms with Crippen LogP contribution in [-0.2, 0) is 19.1 Å². The average Bonchev–Trinajstić information content (AvgIpc) is 2.56. The topological polar surface area (TPSA) is 52.6 Å². The van der Waals surface area contributed by atoms with E-state index in [9.17, 15) is 9.59 Å². The van der Waals surface area contributed by atoms with Crippen molar-refractivity contribution in [1.82, 2.24) is 0 Å². The van der Waals surface area contributed by atoms with Crippen LogP contribution in [0.1, 0.15) is 59.3 Å². The molecule has 0 rings (SSSR count). The van der Waals surface area contributed by atoms with E-state index in [1.165, 1.54) is 18.6 Å². The molecule has 0 amide bonds. The lowest BCUT2D eigenvalue weighted by Gasteiger charge is -2.22. The summed E-state index contributed by atoms with van der Waals surface area (Å²) in [5.41, 5.74) is 0. The van der Waals surface area contributed by atoms with Crippen LogP contribution in [0.2, 0.25) is 0 Å². The van der Waals surface area contributed by atoms with Crippen LogP contribution >= 0.6 is 0 Å². The summed E-state index contributed by atoms with van der Waals surface area (Å²) < 4.78 is 10.1. The first-order valence-electron chi connectivity index (χ1n) is 8.99. The molecule has 0 spiro atoms. The number of carbonyl (C=O) groups excluding carboxylic acids is 2. The SMILES string of the molecule is C=CC(=O)OCCCCC(C)CCC(CCOC(=O)C=C)C(C)C. The molecular formula is C20H34O4. The summed E-state index contributed by atoms with van der Waals surface area (Å²) in [6.07, 6.45) is 8.73. The molecule has 0 radical (unpaired) electrons. The molecule has 0 saturated carbocycles. The van der Waals surface area contributed by atoms with E-state index in [1.54, 1.807) is 0 Å². The maximum Gasteiger partial charge on any atom is 0.330 e. The molecular weight excluding hydrogens is 304 g/mol. The number of ether oxygens (including phenoxy) is 2. The highest BCUT2D eigenvalue weighted by atomic mass is 16.5. The fourth-order valence-corrected chi connectivity index (χ4v) is 2.65. The Morgan fingerprint density at radius 3 is 1.96 bits per heavy atom. The molecule has 4 heteroatoms. The van der Waals surface area contributed by atoms with Gasteiger partial charge in [-0.05, 0) is 43.4 Å². The van der Waals surface area contributed by atoms with Gasteiger partial charge in [0.1, 0.15) is 0 Å². The van der Waals surface area contributed by atoms with Crippen molar-refractivity contribution in [2.75, 3.05) is 13.2 Å².